The maximum Gasteiger partial charge on any atom is 0.0480 e. The molecule has 0 bridgehead atoms. The van der Waals surface area contributed by atoms with E-state index in [1.807, 2.05) is 0 Å². The third-order valence-corrected chi connectivity index (χ3v) is 3.93. The number of alkyl halides is 2. The molecule has 0 radical (unpaired) electrons. The summed E-state index contributed by atoms with van der Waals surface area (Å²) in [5.74, 6) is 1.05. The molecule has 0 atom stereocenters. The molecular formula is C16H12Cl2. The molecule has 0 spiro atoms. The van der Waals surface area contributed by atoms with Crippen LogP contribution in [0.15, 0.2) is 48.5 Å². The van der Waals surface area contributed by atoms with Crippen LogP contribution >= 0.6 is 23.2 Å². The Labute approximate surface area is 116 Å². The van der Waals surface area contributed by atoms with Crippen molar-refractivity contribution in [2.24, 2.45) is 0 Å². The van der Waals surface area contributed by atoms with Crippen LogP contribution in [0.3, 0.4) is 0 Å². The number of halogens is 2. The molecule has 0 N–H and O–H groups in total. The van der Waals surface area contributed by atoms with E-state index in [1.165, 1.54) is 21.5 Å². The molecule has 0 saturated heterocycles. The van der Waals surface area contributed by atoms with Gasteiger partial charge in [-0.05, 0) is 44.8 Å². The third kappa shape index (κ3) is 1.86. The van der Waals surface area contributed by atoms with Crippen molar-refractivity contribution in [3.63, 3.8) is 0 Å². The van der Waals surface area contributed by atoms with Crippen LogP contribution in [0.4, 0.5) is 0 Å². The van der Waals surface area contributed by atoms with Gasteiger partial charge >= 0.3 is 0 Å². The number of hydrogen-bond acceptors (Lipinski definition) is 0. The Morgan fingerprint density at radius 2 is 1.11 bits per heavy atom. The van der Waals surface area contributed by atoms with Crippen molar-refractivity contribution in [2.75, 3.05) is 0 Å². The van der Waals surface area contributed by atoms with Gasteiger partial charge in [0, 0.05) is 11.8 Å². The quantitative estimate of drug-likeness (QED) is 0.429. The van der Waals surface area contributed by atoms with E-state index in [9.17, 15) is 0 Å². The average molecular weight is 275 g/mol. The Morgan fingerprint density at radius 3 is 1.50 bits per heavy atom. The molecule has 0 amide bonds. The lowest BCUT2D eigenvalue weighted by Crippen LogP contribution is -1.88. The first kappa shape index (κ1) is 11.8. The summed E-state index contributed by atoms with van der Waals surface area (Å²) >= 11 is 12.0. The molecule has 90 valence electrons. The second kappa shape index (κ2) is 4.79. The van der Waals surface area contributed by atoms with Gasteiger partial charge in [0.1, 0.15) is 0 Å². The highest BCUT2D eigenvalue weighted by molar-refractivity contribution is 6.20. The average Bonchev–Trinajstić information content (AvgIpc) is 2.44. The maximum atomic E-state index is 6.02. The standard InChI is InChI=1S/C16H12Cl2/c17-9-13-5-6-14(10-18)16-8-12-4-2-1-3-11(12)7-15(13)16/h1-8H,9-10H2. The summed E-state index contributed by atoms with van der Waals surface area (Å²) in [6, 6.07) is 16.9. The lowest BCUT2D eigenvalue weighted by molar-refractivity contribution is 1.39. The summed E-state index contributed by atoms with van der Waals surface area (Å²) in [4.78, 5) is 0. The first-order valence-electron chi connectivity index (χ1n) is 5.88. The van der Waals surface area contributed by atoms with Crippen LogP contribution in [0.5, 0.6) is 0 Å². The highest BCUT2D eigenvalue weighted by Crippen LogP contribution is 2.29. The molecule has 18 heavy (non-hydrogen) atoms. The zero-order valence-corrected chi connectivity index (χ0v) is 11.3. The molecule has 0 nitrogen and oxygen atoms in total. The van der Waals surface area contributed by atoms with E-state index in [0.717, 1.165) is 11.1 Å². The van der Waals surface area contributed by atoms with Gasteiger partial charge in [0.2, 0.25) is 0 Å². The van der Waals surface area contributed by atoms with Gasteiger partial charge < -0.3 is 0 Å². The van der Waals surface area contributed by atoms with Gasteiger partial charge in [0.05, 0.1) is 0 Å². The molecule has 3 aromatic carbocycles. The van der Waals surface area contributed by atoms with E-state index in [-0.39, 0.29) is 0 Å². The molecule has 0 fully saturated rings. The van der Waals surface area contributed by atoms with Crippen molar-refractivity contribution in [3.05, 3.63) is 59.7 Å². The van der Waals surface area contributed by atoms with E-state index in [2.05, 4.69) is 48.5 Å². The molecule has 0 aliphatic heterocycles. The van der Waals surface area contributed by atoms with Crippen LogP contribution in [-0.2, 0) is 11.8 Å². The van der Waals surface area contributed by atoms with Crippen molar-refractivity contribution in [1.29, 1.82) is 0 Å². The van der Waals surface area contributed by atoms with Crippen molar-refractivity contribution in [2.45, 2.75) is 11.8 Å². The minimum absolute atomic E-state index is 0.525. The van der Waals surface area contributed by atoms with Gasteiger partial charge in [0.25, 0.3) is 0 Å². The van der Waals surface area contributed by atoms with E-state index >= 15 is 0 Å². The molecule has 0 unspecified atom stereocenters. The molecule has 0 heterocycles. The summed E-state index contributed by atoms with van der Waals surface area (Å²) in [6.07, 6.45) is 0. The highest BCUT2D eigenvalue weighted by Gasteiger charge is 2.06. The van der Waals surface area contributed by atoms with Gasteiger partial charge in [-0.1, -0.05) is 36.4 Å². The predicted octanol–water partition coefficient (Wildman–Crippen LogP) is 5.47. The van der Waals surface area contributed by atoms with Crippen molar-refractivity contribution in [1.82, 2.24) is 0 Å². The molecule has 0 aromatic heterocycles. The third-order valence-electron chi connectivity index (χ3n) is 3.35. The lowest BCUT2D eigenvalue weighted by atomic mass is 9.97. The Bertz CT molecular complexity index is 655. The van der Waals surface area contributed by atoms with Gasteiger partial charge in [-0.2, -0.15) is 0 Å². The maximum absolute atomic E-state index is 6.02. The van der Waals surface area contributed by atoms with E-state index in [0.29, 0.717) is 11.8 Å². The normalized spacial score (nSPS) is 11.2. The molecule has 0 aliphatic rings. The van der Waals surface area contributed by atoms with Crippen LogP contribution in [0.25, 0.3) is 21.5 Å². The Hall–Kier alpha value is -1.24. The molecular weight excluding hydrogens is 263 g/mol. The van der Waals surface area contributed by atoms with Crippen molar-refractivity contribution in [3.8, 4) is 0 Å². The largest absolute Gasteiger partial charge is 0.122 e. The zero-order valence-electron chi connectivity index (χ0n) is 9.79. The lowest BCUT2D eigenvalue weighted by Gasteiger charge is -2.10. The molecule has 2 heteroatoms. The number of rotatable bonds is 2. The van der Waals surface area contributed by atoms with Crippen LogP contribution in [0.1, 0.15) is 11.1 Å². The number of hydrogen-bond donors (Lipinski definition) is 0. The van der Waals surface area contributed by atoms with E-state index in [4.69, 9.17) is 23.2 Å². The van der Waals surface area contributed by atoms with Gasteiger partial charge in [-0.3, -0.25) is 0 Å². The van der Waals surface area contributed by atoms with Gasteiger partial charge in [-0.15, -0.1) is 23.2 Å². The summed E-state index contributed by atoms with van der Waals surface area (Å²) in [5.41, 5.74) is 2.32. The second-order valence-corrected chi connectivity index (χ2v) is 4.93. The van der Waals surface area contributed by atoms with Crippen LogP contribution < -0.4 is 0 Å². The fourth-order valence-electron chi connectivity index (χ4n) is 2.39. The Kier molecular flexibility index (Phi) is 3.15. The minimum Gasteiger partial charge on any atom is -0.122 e. The Balaban J connectivity index is 2.46. The molecule has 3 aromatic rings. The van der Waals surface area contributed by atoms with Gasteiger partial charge in [0.15, 0.2) is 0 Å². The zero-order chi connectivity index (χ0) is 12.5. The smallest absolute Gasteiger partial charge is 0.0480 e. The highest BCUT2D eigenvalue weighted by atomic mass is 35.5. The summed E-state index contributed by atoms with van der Waals surface area (Å²) in [7, 11) is 0. The first-order valence-corrected chi connectivity index (χ1v) is 6.95. The molecule has 0 aliphatic carbocycles. The predicted molar refractivity (Wildman–Crippen MR) is 80.6 cm³/mol. The van der Waals surface area contributed by atoms with E-state index in [1.54, 1.807) is 0 Å². The fraction of sp³-hybridized carbons (Fsp3) is 0.125. The fourth-order valence-corrected chi connectivity index (χ4v) is 2.85. The summed E-state index contributed by atoms with van der Waals surface area (Å²) < 4.78 is 0. The molecule has 3 rings (SSSR count). The van der Waals surface area contributed by atoms with Crippen LogP contribution in [0.2, 0.25) is 0 Å². The Morgan fingerprint density at radius 1 is 0.667 bits per heavy atom. The number of benzene rings is 3. The summed E-state index contributed by atoms with van der Waals surface area (Å²) in [6.45, 7) is 0. The number of fused-ring (bicyclic) bond motifs is 2. The molecule has 0 saturated carbocycles. The van der Waals surface area contributed by atoms with Crippen molar-refractivity contribution < 1.29 is 0 Å². The monoisotopic (exact) mass is 274 g/mol. The summed E-state index contributed by atoms with van der Waals surface area (Å²) in [5, 5.41) is 4.90. The van der Waals surface area contributed by atoms with Crippen molar-refractivity contribution >= 4 is 44.7 Å². The minimum atomic E-state index is 0.525. The SMILES string of the molecule is ClCc1ccc(CCl)c2cc3ccccc3cc12. The topological polar surface area (TPSA) is 0 Å². The first-order chi connectivity index (χ1) is 8.83. The second-order valence-electron chi connectivity index (χ2n) is 4.40. The van der Waals surface area contributed by atoms with Gasteiger partial charge in [-0.25, -0.2) is 0 Å². The van der Waals surface area contributed by atoms with E-state index < -0.39 is 0 Å². The van der Waals surface area contributed by atoms with Crippen LogP contribution in [0, 0.1) is 0 Å². The van der Waals surface area contributed by atoms with Crippen LogP contribution in [-0.4, -0.2) is 0 Å².